The lowest BCUT2D eigenvalue weighted by Crippen LogP contribution is -2.09. The van der Waals surface area contributed by atoms with E-state index in [-0.39, 0.29) is 6.42 Å². The lowest BCUT2D eigenvalue weighted by atomic mass is 10.1. The molecule has 18 heavy (non-hydrogen) atoms. The molecule has 96 valence electrons. The first kappa shape index (κ1) is 12.7. The molecule has 0 bridgehead atoms. The van der Waals surface area contributed by atoms with E-state index in [1.165, 1.54) is 6.07 Å². The number of benzene rings is 1. The monoisotopic (exact) mass is 251 g/mol. The molecular weight excluding hydrogens is 236 g/mol. The van der Waals surface area contributed by atoms with E-state index in [0.717, 1.165) is 12.6 Å². The predicted octanol–water partition coefficient (Wildman–Crippen LogP) is 2.80. The summed E-state index contributed by atoms with van der Waals surface area (Å²) in [6.07, 6.45) is 1.86. The molecule has 2 rings (SSSR count). The minimum atomic E-state index is -0.831. The van der Waals surface area contributed by atoms with Gasteiger partial charge in [0.25, 0.3) is 0 Å². The Morgan fingerprint density at radius 1 is 1.28 bits per heavy atom. The van der Waals surface area contributed by atoms with Crippen molar-refractivity contribution in [3.63, 3.8) is 0 Å². The summed E-state index contributed by atoms with van der Waals surface area (Å²) in [5.74, 6) is -0.552. The van der Waals surface area contributed by atoms with Crippen LogP contribution in [-0.4, -0.2) is 14.8 Å². The molecule has 1 aromatic carbocycles. The average Bonchev–Trinajstić information content (AvgIpc) is 2.72. The highest BCUT2D eigenvalue weighted by atomic mass is 19.2. The number of aromatic nitrogens is 3. The van der Waals surface area contributed by atoms with E-state index < -0.39 is 11.6 Å². The molecule has 0 saturated heterocycles. The van der Waals surface area contributed by atoms with Crippen molar-refractivity contribution in [1.82, 2.24) is 14.8 Å². The summed E-state index contributed by atoms with van der Waals surface area (Å²) >= 11 is 0. The van der Waals surface area contributed by atoms with E-state index in [0.29, 0.717) is 17.3 Å². The van der Waals surface area contributed by atoms with Gasteiger partial charge in [-0.3, -0.25) is 0 Å². The summed E-state index contributed by atoms with van der Waals surface area (Å²) in [6, 6.07) is 4.17. The minimum Gasteiger partial charge on any atom is -0.317 e. The topological polar surface area (TPSA) is 30.7 Å². The van der Waals surface area contributed by atoms with Crippen molar-refractivity contribution < 1.29 is 8.78 Å². The molecule has 5 heteroatoms. The molecule has 0 amide bonds. The zero-order valence-corrected chi connectivity index (χ0v) is 10.4. The van der Waals surface area contributed by atoms with Crippen LogP contribution in [0.4, 0.5) is 8.78 Å². The first-order valence-electron chi connectivity index (χ1n) is 5.87. The van der Waals surface area contributed by atoms with Crippen LogP contribution in [0.15, 0.2) is 24.5 Å². The standard InChI is InChI=1S/C13H15F2N3/c1-9(2)7-18-8-16-17-12(18)6-10-4-3-5-11(14)13(10)15/h3-5,8-9H,6-7H2,1-2H3. The van der Waals surface area contributed by atoms with Crippen molar-refractivity contribution in [3.8, 4) is 0 Å². The largest absolute Gasteiger partial charge is 0.317 e. The van der Waals surface area contributed by atoms with Gasteiger partial charge in [0, 0.05) is 13.0 Å². The minimum absolute atomic E-state index is 0.246. The molecule has 0 spiro atoms. The van der Waals surface area contributed by atoms with Gasteiger partial charge in [0.15, 0.2) is 11.6 Å². The van der Waals surface area contributed by atoms with Crippen molar-refractivity contribution in [3.05, 3.63) is 47.5 Å². The van der Waals surface area contributed by atoms with Crippen LogP contribution in [0.5, 0.6) is 0 Å². The number of hydrogen-bond donors (Lipinski definition) is 0. The fourth-order valence-electron chi connectivity index (χ4n) is 1.82. The van der Waals surface area contributed by atoms with Gasteiger partial charge in [-0.05, 0) is 17.5 Å². The van der Waals surface area contributed by atoms with Gasteiger partial charge in [-0.25, -0.2) is 8.78 Å². The first-order valence-corrected chi connectivity index (χ1v) is 5.87. The highest BCUT2D eigenvalue weighted by Gasteiger charge is 2.12. The summed E-state index contributed by atoms with van der Waals surface area (Å²) < 4.78 is 28.5. The molecule has 1 heterocycles. The molecule has 0 aliphatic carbocycles. The van der Waals surface area contributed by atoms with Crippen molar-refractivity contribution in [2.45, 2.75) is 26.8 Å². The van der Waals surface area contributed by atoms with Crippen molar-refractivity contribution in [2.75, 3.05) is 0 Å². The van der Waals surface area contributed by atoms with Crippen molar-refractivity contribution in [1.29, 1.82) is 0 Å². The van der Waals surface area contributed by atoms with Crippen LogP contribution in [-0.2, 0) is 13.0 Å². The normalized spacial score (nSPS) is 11.2. The Morgan fingerprint density at radius 3 is 2.78 bits per heavy atom. The summed E-state index contributed by atoms with van der Waals surface area (Å²) in [6.45, 7) is 4.92. The van der Waals surface area contributed by atoms with Crippen molar-refractivity contribution in [2.24, 2.45) is 5.92 Å². The quantitative estimate of drug-likeness (QED) is 0.836. The van der Waals surface area contributed by atoms with Gasteiger partial charge in [-0.15, -0.1) is 10.2 Å². The van der Waals surface area contributed by atoms with E-state index in [1.807, 2.05) is 4.57 Å². The zero-order valence-electron chi connectivity index (χ0n) is 10.4. The molecule has 0 unspecified atom stereocenters. The third-order valence-corrected chi connectivity index (χ3v) is 2.64. The second-order valence-corrected chi connectivity index (χ2v) is 4.68. The summed E-state index contributed by atoms with van der Waals surface area (Å²) in [4.78, 5) is 0. The van der Waals surface area contributed by atoms with Gasteiger partial charge in [-0.1, -0.05) is 26.0 Å². The van der Waals surface area contributed by atoms with Crippen LogP contribution < -0.4 is 0 Å². The van der Waals surface area contributed by atoms with Gasteiger partial charge in [-0.2, -0.15) is 0 Å². The molecule has 0 saturated carbocycles. The summed E-state index contributed by atoms with van der Waals surface area (Å²) in [5, 5.41) is 7.78. The second-order valence-electron chi connectivity index (χ2n) is 4.68. The molecular formula is C13H15F2N3. The van der Waals surface area contributed by atoms with Crippen LogP contribution >= 0.6 is 0 Å². The summed E-state index contributed by atoms with van der Waals surface area (Å²) in [5.41, 5.74) is 0.299. The van der Waals surface area contributed by atoms with E-state index in [9.17, 15) is 8.78 Å². The number of rotatable bonds is 4. The van der Waals surface area contributed by atoms with Gasteiger partial charge in [0.05, 0.1) is 0 Å². The molecule has 0 N–H and O–H groups in total. The highest BCUT2D eigenvalue weighted by Crippen LogP contribution is 2.15. The van der Waals surface area contributed by atoms with E-state index in [1.54, 1.807) is 12.4 Å². The van der Waals surface area contributed by atoms with E-state index in [2.05, 4.69) is 24.0 Å². The zero-order chi connectivity index (χ0) is 13.1. The maximum absolute atomic E-state index is 13.6. The Hall–Kier alpha value is -1.78. The fourth-order valence-corrected chi connectivity index (χ4v) is 1.82. The molecule has 0 radical (unpaired) electrons. The van der Waals surface area contributed by atoms with Crippen LogP contribution in [0.3, 0.4) is 0 Å². The number of nitrogens with zero attached hydrogens (tertiary/aromatic N) is 3. The van der Waals surface area contributed by atoms with Crippen molar-refractivity contribution >= 4 is 0 Å². The van der Waals surface area contributed by atoms with Gasteiger partial charge in [0.1, 0.15) is 12.2 Å². The third kappa shape index (κ3) is 2.72. The average molecular weight is 251 g/mol. The van der Waals surface area contributed by atoms with Crippen LogP contribution in [0.1, 0.15) is 25.2 Å². The van der Waals surface area contributed by atoms with Gasteiger partial charge < -0.3 is 4.57 Å². The molecule has 0 aliphatic heterocycles. The Morgan fingerprint density at radius 2 is 2.06 bits per heavy atom. The fraction of sp³-hybridized carbons (Fsp3) is 0.385. The Kier molecular flexibility index (Phi) is 3.69. The molecule has 0 aliphatic rings. The smallest absolute Gasteiger partial charge is 0.162 e. The van der Waals surface area contributed by atoms with Crippen LogP contribution in [0.2, 0.25) is 0 Å². The first-order chi connectivity index (χ1) is 8.58. The Balaban J connectivity index is 2.24. The van der Waals surface area contributed by atoms with E-state index in [4.69, 9.17) is 0 Å². The SMILES string of the molecule is CC(C)Cn1cnnc1Cc1cccc(F)c1F. The van der Waals surface area contributed by atoms with Crippen LogP contribution in [0.25, 0.3) is 0 Å². The lowest BCUT2D eigenvalue weighted by Gasteiger charge is -2.09. The van der Waals surface area contributed by atoms with Gasteiger partial charge >= 0.3 is 0 Å². The maximum atomic E-state index is 13.6. The van der Waals surface area contributed by atoms with Gasteiger partial charge in [0.2, 0.25) is 0 Å². The van der Waals surface area contributed by atoms with Crippen LogP contribution in [0, 0.1) is 17.6 Å². The molecule has 0 atom stereocenters. The third-order valence-electron chi connectivity index (χ3n) is 2.64. The highest BCUT2D eigenvalue weighted by molar-refractivity contribution is 5.22. The Bertz CT molecular complexity index is 535. The predicted molar refractivity (Wildman–Crippen MR) is 64.0 cm³/mol. The number of hydrogen-bond acceptors (Lipinski definition) is 2. The molecule has 0 fully saturated rings. The second kappa shape index (κ2) is 5.25. The molecule has 3 nitrogen and oxygen atoms in total. The Labute approximate surface area is 104 Å². The summed E-state index contributed by atoms with van der Waals surface area (Å²) in [7, 11) is 0. The number of halogens is 2. The lowest BCUT2D eigenvalue weighted by molar-refractivity contribution is 0.492. The van der Waals surface area contributed by atoms with E-state index >= 15 is 0 Å². The maximum Gasteiger partial charge on any atom is 0.162 e. The molecule has 2 aromatic rings. The molecule has 1 aromatic heterocycles.